The molecule has 1 aliphatic heterocycles. The van der Waals surface area contributed by atoms with Gasteiger partial charge in [-0.1, -0.05) is 54.6 Å². The molecule has 2 N–H and O–H groups in total. The Hall–Kier alpha value is -4.40. The van der Waals surface area contributed by atoms with Gasteiger partial charge in [0.15, 0.2) is 0 Å². The summed E-state index contributed by atoms with van der Waals surface area (Å²) in [5.74, 6) is -0.730. The number of rotatable bonds is 9. The molecule has 2 aromatic carbocycles. The number of carbonyl (C=O) groups is 3. The zero-order valence-electron chi connectivity index (χ0n) is 22.4. The predicted molar refractivity (Wildman–Crippen MR) is 149 cm³/mol. The van der Waals surface area contributed by atoms with E-state index in [0.717, 1.165) is 28.1 Å². The van der Waals surface area contributed by atoms with E-state index in [1.165, 1.54) is 0 Å². The van der Waals surface area contributed by atoms with E-state index in [0.29, 0.717) is 38.1 Å². The number of aliphatic carboxylic acids is 1. The first kappa shape index (κ1) is 27.2. The molecule has 40 heavy (non-hydrogen) atoms. The maximum atomic E-state index is 12.7. The van der Waals surface area contributed by atoms with Crippen LogP contribution in [-0.2, 0) is 25.5 Å². The first-order valence-corrected chi connectivity index (χ1v) is 13.7. The summed E-state index contributed by atoms with van der Waals surface area (Å²) in [6, 6.07) is 18.5. The number of benzene rings is 2. The van der Waals surface area contributed by atoms with E-state index in [-0.39, 0.29) is 30.8 Å². The Balaban J connectivity index is 1.15. The summed E-state index contributed by atoms with van der Waals surface area (Å²) in [6.45, 7) is 3.68. The lowest BCUT2D eigenvalue weighted by atomic mass is 9.97. The highest BCUT2D eigenvalue weighted by Gasteiger charge is 2.30. The van der Waals surface area contributed by atoms with Crippen molar-refractivity contribution in [1.82, 2.24) is 10.3 Å². The van der Waals surface area contributed by atoms with Crippen LogP contribution in [-0.4, -0.2) is 60.5 Å². The van der Waals surface area contributed by atoms with Gasteiger partial charge in [-0.15, -0.1) is 0 Å². The van der Waals surface area contributed by atoms with Gasteiger partial charge < -0.3 is 24.8 Å². The Morgan fingerprint density at radius 3 is 2.20 bits per heavy atom. The van der Waals surface area contributed by atoms with Gasteiger partial charge in [0.25, 0.3) is 0 Å². The maximum absolute atomic E-state index is 12.7. The highest BCUT2D eigenvalue weighted by molar-refractivity contribution is 5.81. The highest BCUT2D eigenvalue weighted by atomic mass is 16.5. The molecule has 1 unspecified atom stereocenters. The van der Waals surface area contributed by atoms with Gasteiger partial charge in [0.2, 0.25) is 0 Å². The van der Waals surface area contributed by atoms with Gasteiger partial charge in [-0.25, -0.2) is 14.6 Å². The smallest absolute Gasteiger partial charge is 0.407 e. The molecule has 0 radical (unpaired) electrons. The molecular weight excluding hydrogens is 510 g/mol. The van der Waals surface area contributed by atoms with Crippen LogP contribution in [0.4, 0.5) is 10.6 Å². The number of pyridine rings is 1. The molecule has 1 amide bonds. The quantitative estimate of drug-likeness (QED) is 0.382. The van der Waals surface area contributed by atoms with Crippen molar-refractivity contribution in [3.05, 3.63) is 83.6 Å². The Bertz CT molecular complexity index is 1320. The normalized spacial score (nSPS) is 15.6. The molecule has 0 spiro atoms. The van der Waals surface area contributed by atoms with Crippen molar-refractivity contribution >= 4 is 23.8 Å². The number of aromatic nitrogens is 1. The Morgan fingerprint density at radius 2 is 1.62 bits per heavy atom. The van der Waals surface area contributed by atoms with Crippen molar-refractivity contribution in [3.8, 4) is 11.1 Å². The number of nitrogens with zero attached hydrogens (tertiary/aromatic N) is 2. The molecule has 3 aromatic rings. The number of alkyl carbamates (subject to hydrolysis) is 1. The standard InChI is InChI=1S/C31H33N3O6/c1-2-39-30(37)21-13-15-34(16-14-21)28-12-11-20(18-32-28)17-27(29(35)36)33-31(38)40-19-26-24-9-5-3-7-22(24)23-8-4-6-10-25(23)26/h3-12,18,21,26-27H,2,13-17,19H2,1H3,(H,33,38)(H,35,36). The number of fused-ring (bicyclic) bond motifs is 3. The molecule has 1 atom stereocenters. The van der Waals surface area contributed by atoms with Crippen LogP contribution in [0.2, 0.25) is 0 Å². The number of nitrogens with one attached hydrogen (secondary N) is 1. The number of hydrogen-bond acceptors (Lipinski definition) is 7. The summed E-state index contributed by atoms with van der Waals surface area (Å²) < 4.78 is 10.7. The SMILES string of the molecule is CCOC(=O)C1CCN(c2ccc(CC(NC(=O)OCC3c4ccccc4-c4ccccc43)C(=O)O)cn2)CC1. The number of ether oxygens (including phenoxy) is 2. The van der Waals surface area contributed by atoms with Crippen molar-refractivity contribution in [2.24, 2.45) is 5.92 Å². The highest BCUT2D eigenvalue weighted by Crippen LogP contribution is 2.44. The van der Waals surface area contributed by atoms with Crippen LogP contribution in [0, 0.1) is 5.92 Å². The third kappa shape index (κ3) is 5.93. The van der Waals surface area contributed by atoms with E-state index in [9.17, 15) is 19.5 Å². The van der Waals surface area contributed by atoms with Crippen LogP contribution in [0.15, 0.2) is 66.9 Å². The fraction of sp³-hybridized carbons (Fsp3) is 0.355. The molecule has 0 saturated carbocycles. The summed E-state index contributed by atoms with van der Waals surface area (Å²) >= 11 is 0. The van der Waals surface area contributed by atoms with Gasteiger partial charge in [0, 0.05) is 31.6 Å². The van der Waals surface area contributed by atoms with Crippen molar-refractivity contribution in [3.63, 3.8) is 0 Å². The number of hydrogen-bond donors (Lipinski definition) is 2. The van der Waals surface area contributed by atoms with E-state index >= 15 is 0 Å². The molecule has 208 valence electrons. The minimum absolute atomic E-state index is 0.0672. The second-order valence-electron chi connectivity index (χ2n) is 10.1. The second-order valence-corrected chi connectivity index (χ2v) is 10.1. The largest absolute Gasteiger partial charge is 0.480 e. The molecular formula is C31H33N3O6. The molecule has 1 aliphatic carbocycles. The third-order valence-electron chi connectivity index (χ3n) is 7.62. The van der Waals surface area contributed by atoms with Crippen molar-refractivity contribution < 1.29 is 29.0 Å². The van der Waals surface area contributed by atoms with Gasteiger partial charge in [-0.2, -0.15) is 0 Å². The average molecular weight is 544 g/mol. The Labute approximate surface area is 233 Å². The predicted octanol–water partition coefficient (Wildman–Crippen LogP) is 4.40. The summed E-state index contributed by atoms with van der Waals surface area (Å²) in [6.07, 6.45) is 2.32. The molecule has 1 saturated heterocycles. The fourth-order valence-corrected chi connectivity index (χ4v) is 5.55. The van der Waals surface area contributed by atoms with Crippen LogP contribution < -0.4 is 10.2 Å². The summed E-state index contributed by atoms with van der Waals surface area (Å²) in [4.78, 5) is 43.2. The molecule has 9 heteroatoms. The molecule has 1 fully saturated rings. The lowest BCUT2D eigenvalue weighted by Gasteiger charge is -2.31. The van der Waals surface area contributed by atoms with Gasteiger partial charge >= 0.3 is 18.0 Å². The van der Waals surface area contributed by atoms with Crippen LogP contribution in [0.5, 0.6) is 0 Å². The monoisotopic (exact) mass is 543 g/mol. The van der Waals surface area contributed by atoms with E-state index < -0.39 is 18.1 Å². The first-order chi connectivity index (χ1) is 19.4. The minimum Gasteiger partial charge on any atom is -0.480 e. The lowest BCUT2D eigenvalue weighted by Crippen LogP contribution is -2.43. The zero-order chi connectivity index (χ0) is 28.1. The van der Waals surface area contributed by atoms with Gasteiger partial charge in [0.1, 0.15) is 18.5 Å². The van der Waals surface area contributed by atoms with Crippen LogP contribution in [0.1, 0.15) is 42.4 Å². The maximum Gasteiger partial charge on any atom is 0.407 e. The van der Waals surface area contributed by atoms with Crippen molar-refractivity contribution in [2.45, 2.75) is 38.1 Å². The van der Waals surface area contributed by atoms with Gasteiger partial charge in [-0.3, -0.25) is 4.79 Å². The molecule has 1 aromatic heterocycles. The Morgan fingerprint density at radius 1 is 0.975 bits per heavy atom. The fourth-order valence-electron chi connectivity index (χ4n) is 5.55. The van der Waals surface area contributed by atoms with Gasteiger partial charge in [0.05, 0.1) is 12.5 Å². The van der Waals surface area contributed by atoms with E-state index in [4.69, 9.17) is 9.47 Å². The summed E-state index contributed by atoms with van der Waals surface area (Å²) in [5.41, 5.74) is 5.09. The van der Waals surface area contributed by atoms with E-state index in [1.54, 1.807) is 13.1 Å². The number of carboxylic acids is 1. The molecule has 9 nitrogen and oxygen atoms in total. The summed E-state index contributed by atoms with van der Waals surface area (Å²) in [7, 11) is 0. The van der Waals surface area contributed by atoms with Gasteiger partial charge in [-0.05, 0) is 53.6 Å². The molecule has 2 aliphatic rings. The number of amides is 1. The lowest BCUT2D eigenvalue weighted by molar-refractivity contribution is -0.148. The topological polar surface area (TPSA) is 118 Å². The zero-order valence-corrected chi connectivity index (χ0v) is 22.4. The Kier molecular flexibility index (Phi) is 8.28. The minimum atomic E-state index is -1.16. The molecule has 2 heterocycles. The van der Waals surface area contributed by atoms with Crippen LogP contribution in [0.25, 0.3) is 11.1 Å². The third-order valence-corrected chi connectivity index (χ3v) is 7.62. The second kappa shape index (κ2) is 12.2. The summed E-state index contributed by atoms with van der Waals surface area (Å²) in [5, 5.41) is 12.3. The first-order valence-electron chi connectivity index (χ1n) is 13.7. The number of piperidine rings is 1. The van der Waals surface area contributed by atoms with Crippen molar-refractivity contribution in [2.75, 3.05) is 31.2 Å². The van der Waals surface area contributed by atoms with Crippen LogP contribution >= 0.6 is 0 Å². The number of esters is 1. The van der Waals surface area contributed by atoms with E-state index in [1.807, 2.05) is 48.5 Å². The average Bonchev–Trinajstić information content (AvgIpc) is 3.30. The molecule has 0 bridgehead atoms. The number of anilines is 1. The van der Waals surface area contributed by atoms with Crippen molar-refractivity contribution in [1.29, 1.82) is 0 Å². The number of carbonyl (C=O) groups excluding carboxylic acids is 2. The van der Waals surface area contributed by atoms with Crippen LogP contribution in [0.3, 0.4) is 0 Å². The molecule has 5 rings (SSSR count). The number of carboxylic acid groups (broad SMARTS) is 1. The van der Waals surface area contributed by atoms with E-state index in [2.05, 4.69) is 27.3 Å².